The zero-order chi connectivity index (χ0) is 13.3. The lowest BCUT2D eigenvalue weighted by Gasteiger charge is -2.33. The van der Waals surface area contributed by atoms with Crippen molar-refractivity contribution in [2.24, 2.45) is 0 Å². The van der Waals surface area contributed by atoms with Crippen LogP contribution in [-0.2, 0) is 9.84 Å². The van der Waals surface area contributed by atoms with Crippen LogP contribution in [0.3, 0.4) is 0 Å². The second kappa shape index (κ2) is 4.85. The van der Waals surface area contributed by atoms with Crippen LogP contribution in [0.1, 0.15) is 17.3 Å². The van der Waals surface area contributed by atoms with Crippen LogP contribution >= 0.6 is 11.6 Å². The van der Waals surface area contributed by atoms with Gasteiger partial charge in [-0.15, -0.1) is 0 Å². The molecule has 5 nitrogen and oxygen atoms in total. The molecule has 1 saturated heterocycles. The molecule has 1 fully saturated rings. The Kier molecular flexibility index (Phi) is 3.59. The van der Waals surface area contributed by atoms with Crippen molar-refractivity contribution in [3.8, 4) is 0 Å². The number of carbonyl (C=O) groups is 1. The zero-order valence-corrected chi connectivity index (χ0v) is 11.4. The fraction of sp³-hybridized carbons (Fsp3) is 0.455. The van der Waals surface area contributed by atoms with Crippen molar-refractivity contribution in [3.05, 3.63) is 29.0 Å². The van der Waals surface area contributed by atoms with Gasteiger partial charge in [0, 0.05) is 25.0 Å². The summed E-state index contributed by atoms with van der Waals surface area (Å²) in [6.07, 6.45) is 2.91. The van der Waals surface area contributed by atoms with Crippen LogP contribution in [0.15, 0.2) is 18.5 Å². The van der Waals surface area contributed by atoms with Gasteiger partial charge in [-0.1, -0.05) is 11.6 Å². The number of halogens is 1. The van der Waals surface area contributed by atoms with Gasteiger partial charge in [0.15, 0.2) is 9.84 Å². The molecular weight excluding hydrogens is 276 g/mol. The topological polar surface area (TPSA) is 67.3 Å². The summed E-state index contributed by atoms with van der Waals surface area (Å²) in [4.78, 5) is 17.6. The minimum absolute atomic E-state index is 0.000954. The summed E-state index contributed by atoms with van der Waals surface area (Å²) in [5.74, 6) is -0.270. The predicted molar refractivity (Wildman–Crippen MR) is 68.4 cm³/mol. The molecule has 0 aromatic carbocycles. The summed E-state index contributed by atoms with van der Waals surface area (Å²) in [6.45, 7) is 1.92. The van der Waals surface area contributed by atoms with Gasteiger partial charge in [0.05, 0.1) is 22.1 Å². The van der Waals surface area contributed by atoms with Crippen molar-refractivity contribution in [1.29, 1.82) is 0 Å². The molecule has 0 bridgehead atoms. The van der Waals surface area contributed by atoms with Crippen LogP contribution in [0.25, 0.3) is 0 Å². The number of nitrogens with zero attached hydrogens (tertiary/aromatic N) is 2. The van der Waals surface area contributed by atoms with Gasteiger partial charge in [-0.2, -0.15) is 0 Å². The number of aromatic nitrogens is 1. The van der Waals surface area contributed by atoms with Gasteiger partial charge in [-0.05, 0) is 13.0 Å². The molecule has 2 rings (SSSR count). The van der Waals surface area contributed by atoms with Crippen LogP contribution in [0, 0.1) is 0 Å². The van der Waals surface area contributed by atoms with E-state index in [0.717, 1.165) is 0 Å². The fourth-order valence-electron chi connectivity index (χ4n) is 1.99. The molecule has 0 radical (unpaired) electrons. The first-order chi connectivity index (χ1) is 8.41. The molecule has 1 unspecified atom stereocenters. The number of carbonyl (C=O) groups excluding carboxylic acids is 1. The van der Waals surface area contributed by atoms with Crippen LogP contribution in [0.5, 0.6) is 0 Å². The Morgan fingerprint density at radius 2 is 2.28 bits per heavy atom. The first kappa shape index (κ1) is 13.3. The third kappa shape index (κ3) is 2.64. The molecule has 0 aliphatic carbocycles. The highest BCUT2D eigenvalue weighted by molar-refractivity contribution is 7.91. The maximum atomic E-state index is 12.2. The molecular formula is C11H13ClN2O3S. The molecule has 1 aromatic heterocycles. The maximum Gasteiger partial charge on any atom is 0.257 e. The second-order valence-electron chi connectivity index (χ2n) is 4.32. The Labute approximate surface area is 111 Å². The molecule has 98 valence electrons. The Morgan fingerprint density at radius 1 is 1.56 bits per heavy atom. The number of rotatable bonds is 1. The molecule has 1 aromatic rings. The number of amides is 1. The van der Waals surface area contributed by atoms with Crippen LogP contribution < -0.4 is 0 Å². The molecule has 0 N–H and O–H groups in total. The van der Waals surface area contributed by atoms with E-state index in [2.05, 4.69) is 4.98 Å². The van der Waals surface area contributed by atoms with Crippen LogP contribution in [0.2, 0.25) is 5.02 Å². The molecule has 2 heterocycles. The summed E-state index contributed by atoms with van der Waals surface area (Å²) >= 11 is 5.94. The Morgan fingerprint density at radius 3 is 2.89 bits per heavy atom. The van der Waals surface area contributed by atoms with Crippen molar-refractivity contribution < 1.29 is 13.2 Å². The van der Waals surface area contributed by atoms with Crippen molar-refractivity contribution >= 4 is 27.3 Å². The predicted octanol–water partition coefficient (Wildman–Crippen LogP) is 0.994. The van der Waals surface area contributed by atoms with E-state index in [-0.39, 0.29) is 30.0 Å². The highest BCUT2D eigenvalue weighted by Gasteiger charge is 2.32. The molecule has 1 aliphatic heterocycles. The van der Waals surface area contributed by atoms with E-state index in [1.165, 1.54) is 17.3 Å². The standard InChI is InChI=1S/C11H13ClN2O3S/c1-8-7-18(16,17)5-4-14(8)11(15)9-6-13-3-2-10(9)12/h2-3,6,8H,4-5,7H2,1H3. The monoisotopic (exact) mass is 288 g/mol. The van der Waals surface area contributed by atoms with Crippen LogP contribution in [0.4, 0.5) is 0 Å². The third-order valence-corrected chi connectivity index (χ3v) is 5.05. The van der Waals surface area contributed by atoms with E-state index in [1.54, 1.807) is 13.0 Å². The maximum absolute atomic E-state index is 12.2. The fourth-order valence-corrected chi connectivity index (χ4v) is 3.73. The number of pyridine rings is 1. The second-order valence-corrected chi connectivity index (χ2v) is 6.95. The summed E-state index contributed by atoms with van der Waals surface area (Å²) in [6, 6.07) is 1.20. The average Bonchev–Trinajstić information content (AvgIpc) is 2.27. The first-order valence-electron chi connectivity index (χ1n) is 5.51. The highest BCUT2D eigenvalue weighted by Crippen LogP contribution is 2.20. The van der Waals surface area contributed by atoms with Crippen molar-refractivity contribution in [3.63, 3.8) is 0 Å². The van der Waals surface area contributed by atoms with Gasteiger partial charge in [0.2, 0.25) is 0 Å². The number of sulfone groups is 1. The molecule has 1 atom stereocenters. The van der Waals surface area contributed by atoms with E-state index in [9.17, 15) is 13.2 Å². The lowest BCUT2D eigenvalue weighted by Crippen LogP contribution is -2.49. The van der Waals surface area contributed by atoms with Gasteiger partial charge in [-0.25, -0.2) is 8.42 Å². The van der Waals surface area contributed by atoms with Gasteiger partial charge in [-0.3, -0.25) is 9.78 Å². The normalized spacial score (nSPS) is 22.8. The van der Waals surface area contributed by atoms with E-state index in [0.29, 0.717) is 10.6 Å². The summed E-state index contributed by atoms with van der Waals surface area (Å²) in [7, 11) is -3.03. The minimum Gasteiger partial charge on any atom is -0.334 e. The minimum atomic E-state index is -3.03. The molecule has 0 saturated carbocycles. The number of hydrogen-bond donors (Lipinski definition) is 0. The number of hydrogen-bond acceptors (Lipinski definition) is 4. The Bertz CT molecular complexity index is 573. The van der Waals surface area contributed by atoms with E-state index in [4.69, 9.17) is 11.6 Å². The third-order valence-electron chi connectivity index (χ3n) is 2.93. The lowest BCUT2D eigenvalue weighted by atomic mass is 10.2. The van der Waals surface area contributed by atoms with Crippen LogP contribution in [-0.4, -0.2) is 48.3 Å². The molecule has 18 heavy (non-hydrogen) atoms. The molecule has 1 aliphatic rings. The van der Waals surface area contributed by atoms with Crippen molar-refractivity contribution in [2.45, 2.75) is 13.0 Å². The Balaban J connectivity index is 2.23. The van der Waals surface area contributed by atoms with Gasteiger partial charge >= 0.3 is 0 Å². The largest absolute Gasteiger partial charge is 0.334 e. The quantitative estimate of drug-likeness (QED) is 0.773. The van der Waals surface area contributed by atoms with Gasteiger partial charge in [0.1, 0.15) is 0 Å². The van der Waals surface area contributed by atoms with Crippen molar-refractivity contribution in [1.82, 2.24) is 9.88 Å². The summed E-state index contributed by atoms with van der Waals surface area (Å²) in [5, 5.41) is 0.329. The average molecular weight is 289 g/mol. The molecule has 7 heteroatoms. The summed E-state index contributed by atoms with van der Waals surface area (Å²) in [5.41, 5.74) is 0.310. The smallest absolute Gasteiger partial charge is 0.257 e. The highest BCUT2D eigenvalue weighted by atomic mass is 35.5. The SMILES string of the molecule is CC1CS(=O)(=O)CCN1C(=O)c1cnccc1Cl. The van der Waals surface area contributed by atoms with E-state index >= 15 is 0 Å². The zero-order valence-electron chi connectivity index (χ0n) is 9.84. The van der Waals surface area contributed by atoms with E-state index < -0.39 is 9.84 Å². The van der Waals surface area contributed by atoms with Crippen molar-refractivity contribution in [2.75, 3.05) is 18.1 Å². The van der Waals surface area contributed by atoms with Gasteiger partial charge in [0.25, 0.3) is 5.91 Å². The first-order valence-corrected chi connectivity index (χ1v) is 7.71. The Hall–Kier alpha value is -1.14. The summed E-state index contributed by atoms with van der Waals surface area (Å²) < 4.78 is 22.9. The van der Waals surface area contributed by atoms with Gasteiger partial charge < -0.3 is 4.90 Å². The lowest BCUT2D eigenvalue weighted by molar-refractivity contribution is 0.0712. The molecule has 0 spiro atoms. The van der Waals surface area contributed by atoms with E-state index in [1.807, 2.05) is 0 Å². The molecule has 1 amide bonds.